The summed E-state index contributed by atoms with van der Waals surface area (Å²) in [6, 6.07) is 0.313. The molecule has 5 heteroatoms. The molecule has 1 unspecified atom stereocenters. The van der Waals surface area contributed by atoms with Crippen molar-refractivity contribution in [1.29, 1.82) is 0 Å². The molecule has 1 aromatic rings. The Bertz CT molecular complexity index is 433. The van der Waals surface area contributed by atoms with E-state index < -0.39 is 0 Å². The summed E-state index contributed by atoms with van der Waals surface area (Å²) in [4.78, 5) is 18.6. The Hall–Kier alpha value is -0.940. The zero-order valence-electron chi connectivity index (χ0n) is 12.4. The predicted molar refractivity (Wildman–Crippen MR) is 80.8 cm³/mol. The highest BCUT2D eigenvalue weighted by Gasteiger charge is 2.25. The van der Waals surface area contributed by atoms with Crippen molar-refractivity contribution in [3.05, 3.63) is 16.1 Å². The van der Waals surface area contributed by atoms with Gasteiger partial charge in [-0.1, -0.05) is 13.3 Å². The van der Waals surface area contributed by atoms with Gasteiger partial charge in [0.05, 0.1) is 24.2 Å². The average molecular weight is 296 g/mol. The Morgan fingerprint density at radius 1 is 1.55 bits per heavy atom. The Labute approximate surface area is 125 Å². The van der Waals surface area contributed by atoms with Crippen LogP contribution in [0, 0.1) is 0 Å². The number of esters is 1. The first kappa shape index (κ1) is 15.4. The van der Waals surface area contributed by atoms with Gasteiger partial charge in [0.1, 0.15) is 0 Å². The van der Waals surface area contributed by atoms with E-state index in [1.54, 1.807) is 11.3 Å². The first-order chi connectivity index (χ1) is 9.72. The smallest absolute Gasteiger partial charge is 0.307 e. The molecule has 0 saturated carbocycles. The molecule has 2 rings (SSSR count). The predicted octanol–water partition coefficient (Wildman–Crippen LogP) is 3.01. The van der Waals surface area contributed by atoms with Gasteiger partial charge in [0, 0.05) is 18.0 Å². The zero-order valence-corrected chi connectivity index (χ0v) is 13.2. The molecule has 0 N–H and O–H groups in total. The monoisotopic (exact) mass is 296 g/mol. The van der Waals surface area contributed by atoms with Crippen LogP contribution in [-0.4, -0.2) is 35.5 Å². The fourth-order valence-electron chi connectivity index (χ4n) is 2.73. The number of rotatable bonds is 6. The highest BCUT2D eigenvalue weighted by Crippen LogP contribution is 2.23. The average Bonchev–Trinajstić information content (AvgIpc) is 2.88. The minimum absolute atomic E-state index is 0.105. The van der Waals surface area contributed by atoms with Crippen LogP contribution in [0.5, 0.6) is 0 Å². The topological polar surface area (TPSA) is 42.4 Å². The number of carbonyl (C=O) groups excluding carboxylic acids is 1. The summed E-state index contributed by atoms with van der Waals surface area (Å²) in [5.41, 5.74) is 1.15. The first-order valence-corrected chi connectivity index (χ1v) is 8.35. The summed E-state index contributed by atoms with van der Waals surface area (Å²) >= 11 is 1.75. The number of hydrogen-bond donors (Lipinski definition) is 0. The van der Waals surface area contributed by atoms with Crippen LogP contribution in [0.4, 0.5) is 0 Å². The summed E-state index contributed by atoms with van der Waals surface area (Å²) in [5, 5.41) is 3.39. The lowest BCUT2D eigenvalue weighted by atomic mass is 9.99. The molecule has 2 heterocycles. The number of carbonyl (C=O) groups is 1. The molecule has 0 bridgehead atoms. The molecule has 1 atom stereocenters. The number of piperidine rings is 1. The van der Waals surface area contributed by atoms with Gasteiger partial charge in [-0.2, -0.15) is 0 Å². The van der Waals surface area contributed by atoms with Gasteiger partial charge < -0.3 is 4.74 Å². The maximum atomic E-state index is 11.5. The Kier molecular flexibility index (Phi) is 5.98. The van der Waals surface area contributed by atoms with Crippen molar-refractivity contribution in [2.45, 2.75) is 58.0 Å². The molecule has 1 fully saturated rings. The molecule has 1 aromatic heterocycles. The van der Waals surface area contributed by atoms with Crippen molar-refractivity contribution >= 4 is 17.3 Å². The zero-order chi connectivity index (χ0) is 14.4. The molecule has 1 aliphatic rings. The van der Waals surface area contributed by atoms with Crippen LogP contribution in [0.25, 0.3) is 0 Å². The van der Waals surface area contributed by atoms with Crippen LogP contribution in [0.2, 0.25) is 0 Å². The molecule has 1 aliphatic heterocycles. The second-order valence-electron chi connectivity index (χ2n) is 5.38. The molecule has 0 aromatic carbocycles. The van der Waals surface area contributed by atoms with Gasteiger partial charge in [-0.25, -0.2) is 4.98 Å². The lowest BCUT2D eigenvalue weighted by Gasteiger charge is -2.34. The first-order valence-electron chi connectivity index (χ1n) is 7.47. The van der Waals surface area contributed by atoms with E-state index in [9.17, 15) is 4.79 Å². The van der Waals surface area contributed by atoms with Gasteiger partial charge in [0.2, 0.25) is 0 Å². The largest absolute Gasteiger partial charge is 0.469 e. The van der Waals surface area contributed by atoms with Crippen molar-refractivity contribution in [3.63, 3.8) is 0 Å². The van der Waals surface area contributed by atoms with Gasteiger partial charge in [0.25, 0.3) is 0 Å². The van der Waals surface area contributed by atoms with Crippen LogP contribution in [0.1, 0.15) is 49.7 Å². The molecule has 0 spiro atoms. The summed E-state index contributed by atoms with van der Waals surface area (Å²) in [7, 11) is 1.47. The summed E-state index contributed by atoms with van der Waals surface area (Å²) in [5.74, 6) is -0.105. The third-order valence-corrected chi connectivity index (χ3v) is 4.76. The van der Waals surface area contributed by atoms with Crippen molar-refractivity contribution < 1.29 is 9.53 Å². The quantitative estimate of drug-likeness (QED) is 0.757. The second kappa shape index (κ2) is 7.74. The van der Waals surface area contributed by atoms with Crippen molar-refractivity contribution in [2.75, 3.05) is 13.7 Å². The minimum Gasteiger partial charge on any atom is -0.469 e. The maximum absolute atomic E-state index is 11.5. The molecule has 0 aliphatic carbocycles. The molecular weight excluding hydrogens is 272 g/mol. The molecule has 20 heavy (non-hydrogen) atoms. The number of aromatic nitrogens is 1. The van der Waals surface area contributed by atoms with Crippen LogP contribution in [0.3, 0.4) is 0 Å². The molecular formula is C15H24N2O2S. The fraction of sp³-hybridized carbons (Fsp3) is 0.733. The van der Waals surface area contributed by atoms with Gasteiger partial charge in [0.15, 0.2) is 0 Å². The van der Waals surface area contributed by atoms with E-state index in [-0.39, 0.29) is 5.97 Å². The van der Waals surface area contributed by atoms with E-state index in [4.69, 9.17) is 4.74 Å². The van der Waals surface area contributed by atoms with Gasteiger partial charge in [-0.05, 0) is 32.2 Å². The third-order valence-electron chi connectivity index (χ3n) is 3.81. The van der Waals surface area contributed by atoms with E-state index >= 15 is 0 Å². The number of methoxy groups -OCH3 is 1. The van der Waals surface area contributed by atoms with E-state index in [0.29, 0.717) is 12.5 Å². The SMILES string of the molecule is CCCc1nc(CN2CCCCC2CC(=O)OC)cs1. The van der Waals surface area contributed by atoms with Crippen molar-refractivity contribution in [3.8, 4) is 0 Å². The lowest BCUT2D eigenvalue weighted by molar-refractivity contribution is -0.142. The minimum atomic E-state index is -0.105. The number of ether oxygens (including phenoxy) is 1. The van der Waals surface area contributed by atoms with Crippen LogP contribution < -0.4 is 0 Å². The number of nitrogens with zero attached hydrogens (tertiary/aromatic N) is 2. The number of thiazole rings is 1. The molecule has 4 nitrogen and oxygen atoms in total. The Morgan fingerprint density at radius 2 is 2.40 bits per heavy atom. The Morgan fingerprint density at radius 3 is 3.15 bits per heavy atom. The standard InChI is InChI=1S/C15H24N2O2S/c1-3-6-14-16-12(11-20-14)10-17-8-5-4-7-13(17)9-15(18)19-2/h11,13H,3-10H2,1-2H3. The summed E-state index contributed by atoms with van der Waals surface area (Å²) in [6.45, 7) is 4.10. The highest BCUT2D eigenvalue weighted by atomic mass is 32.1. The molecule has 0 amide bonds. The summed E-state index contributed by atoms with van der Waals surface area (Å²) in [6.07, 6.45) is 6.21. The van der Waals surface area contributed by atoms with Gasteiger partial charge >= 0.3 is 5.97 Å². The van der Waals surface area contributed by atoms with Crippen molar-refractivity contribution in [1.82, 2.24) is 9.88 Å². The third kappa shape index (κ3) is 4.28. The van der Waals surface area contributed by atoms with E-state index in [1.165, 1.54) is 25.0 Å². The van der Waals surface area contributed by atoms with E-state index in [1.807, 2.05) is 0 Å². The maximum Gasteiger partial charge on any atom is 0.307 e. The van der Waals surface area contributed by atoms with Crippen LogP contribution in [-0.2, 0) is 22.5 Å². The second-order valence-corrected chi connectivity index (χ2v) is 6.33. The van der Waals surface area contributed by atoms with Crippen LogP contribution in [0.15, 0.2) is 5.38 Å². The summed E-state index contributed by atoms with van der Waals surface area (Å²) < 4.78 is 4.81. The van der Waals surface area contributed by atoms with Crippen molar-refractivity contribution in [2.24, 2.45) is 0 Å². The molecule has 112 valence electrons. The van der Waals surface area contributed by atoms with Gasteiger partial charge in [-0.3, -0.25) is 9.69 Å². The fourth-order valence-corrected chi connectivity index (χ4v) is 3.62. The number of hydrogen-bond acceptors (Lipinski definition) is 5. The lowest BCUT2D eigenvalue weighted by Crippen LogP contribution is -2.40. The number of aryl methyl sites for hydroxylation is 1. The van der Waals surface area contributed by atoms with Gasteiger partial charge in [-0.15, -0.1) is 11.3 Å². The number of likely N-dealkylation sites (tertiary alicyclic amines) is 1. The van der Waals surface area contributed by atoms with E-state index in [0.717, 1.165) is 38.0 Å². The van der Waals surface area contributed by atoms with E-state index in [2.05, 4.69) is 22.2 Å². The molecule has 0 radical (unpaired) electrons. The normalized spacial score (nSPS) is 20.0. The Balaban J connectivity index is 1.95. The highest BCUT2D eigenvalue weighted by molar-refractivity contribution is 7.09. The molecule has 1 saturated heterocycles. The van der Waals surface area contributed by atoms with Crippen LogP contribution >= 0.6 is 11.3 Å².